The highest BCUT2D eigenvalue weighted by Gasteiger charge is 2.28. The summed E-state index contributed by atoms with van der Waals surface area (Å²) >= 11 is 0. The highest BCUT2D eigenvalue weighted by molar-refractivity contribution is 7.47. The van der Waals surface area contributed by atoms with E-state index in [9.17, 15) is 23.8 Å². The molecule has 4 N–H and O–H groups in total. The number of phosphoric acid groups is 1. The molecule has 0 aliphatic rings. The Morgan fingerprint density at radius 3 is 1.62 bits per heavy atom. The first-order valence-corrected chi connectivity index (χ1v) is 18.7. The van der Waals surface area contributed by atoms with E-state index in [0.29, 0.717) is 12.8 Å². The molecule has 11 nitrogen and oxygen atoms in total. The Kier molecular flexibility index (Phi) is 28.4. The van der Waals surface area contributed by atoms with E-state index in [4.69, 9.17) is 24.8 Å². The van der Waals surface area contributed by atoms with E-state index < -0.39 is 51.1 Å². The topological polar surface area (TPSA) is 172 Å². The normalized spacial score (nSPS) is 14.2. The minimum atomic E-state index is -4.69. The predicted molar refractivity (Wildman–Crippen MR) is 176 cm³/mol. The number of ether oxygens (including phenoxy) is 2. The molecular weight excluding hydrogens is 601 g/mol. The second-order valence-corrected chi connectivity index (χ2v) is 13.1. The van der Waals surface area contributed by atoms with Gasteiger partial charge in [-0.25, -0.2) is 4.57 Å². The number of allylic oxidation sites excluding steroid dienone is 2. The zero-order valence-electron chi connectivity index (χ0n) is 28.0. The molecule has 0 radical (unpaired) electrons. The Bertz CT molecular complexity index is 838. The van der Waals surface area contributed by atoms with E-state index in [-0.39, 0.29) is 19.4 Å². The van der Waals surface area contributed by atoms with Gasteiger partial charge >= 0.3 is 25.7 Å². The molecule has 45 heavy (non-hydrogen) atoms. The van der Waals surface area contributed by atoms with Crippen molar-refractivity contribution in [3.63, 3.8) is 0 Å². The fourth-order valence-electron chi connectivity index (χ4n) is 4.47. The fourth-order valence-corrected chi connectivity index (χ4v) is 5.25. The minimum absolute atomic E-state index is 0.161. The standard InChI is InChI=1S/C33H62NO10P/c1-3-5-7-9-11-12-13-14-15-16-17-19-20-22-24-31(35)41-26-29(27-42-45(39,40)43-28-30(34)33(37)38)44-32(36)25-23-21-18-10-8-6-4-2/h13-14,29-30H,3-12,15-28,34H2,1-2H3,(H,37,38)(H,39,40)/b14-13+/t29-,30+/m0/s1. The zero-order valence-corrected chi connectivity index (χ0v) is 28.9. The molecule has 264 valence electrons. The average molecular weight is 664 g/mol. The van der Waals surface area contributed by atoms with Gasteiger partial charge in [-0.1, -0.05) is 109 Å². The number of phosphoric ester groups is 1. The molecule has 0 fully saturated rings. The van der Waals surface area contributed by atoms with Crippen LogP contribution in [0.4, 0.5) is 0 Å². The summed E-state index contributed by atoms with van der Waals surface area (Å²) in [4.78, 5) is 45.4. The van der Waals surface area contributed by atoms with Crippen molar-refractivity contribution in [3.05, 3.63) is 12.2 Å². The smallest absolute Gasteiger partial charge is 0.472 e. The molecular formula is C33H62NO10P. The van der Waals surface area contributed by atoms with Crippen molar-refractivity contribution in [2.75, 3.05) is 19.8 Å². The second kappa shape index (κ2) is 29.6. The molecule has 0 bridgehead atoms. The van der Waals surface area contributed by atoms with Crippen LogP contribution in [0.2, 0.25) is 0 Å². The number of carbonyl (C=O) groups excluding carboxylic acids is 2. The van der Waals surface area contributed by atoms with Crippen LogP contribution in [-0.4, -0.2) is 59.9 Å². The van der Waals surface area contributed by atoms with E-state index >= 15 is 0 Å². The number of carbonyl (C=O) groups is 3. The highest BCUT2D eigenvalue weighted by Crippen LogP contribution is 2.43. The summed E-state index contributed by atoms with van der Waals surface area (Å²) < 4.78 is 32.3. The van der Waals surface area contributed by atoms with Crippen LogP contribution in [-0.2, 0) is 37.5 Å². The lowest BCUT2D eigenvalue weighted by atomic mass is 10.1. The monoisotopic (exact) mass is 663 g/mol. The minimum Gasteiger partial charge on any atom is -0.480 e. The van der Waals surface area contributed by atoms with Crippen molar-refractivity contribution in [3.8, 4) is 0 Å². The van der Waals surface area contributed by atoms with E-state index in [2.05, 4.69) is 30.5 Å². The summed E-state index contributed by atoms with van der Waals surface area (Å²) in [7, 11) is -4.69. The molecule has 0 aliphatic carbocycles. The second-order valence-electron chi connectivity index (χ2n) is 11.7. The lowest BCUT2D eigenvalue weighted by Crippen LogP contribution is -2.34. The van der Waals surface area contributed by atoms with Gasteiger partial charge < -0.3 is 25.2 Å². The molecule has 0 aromatic rings. The van der Waals surface area contributed by atoms with Gasteiger partial charge in [0.15, 0.2) is 6.10 Å². The summed E-state index contributed by atoms with van der Waals surface area (Å²) in [6.45, 7) is 2.69. The lowest BCUT2D eigenvalue weighted by molar-refractivity contribution is -0.161. The number of nitrogens with two attached hydrogens (primary N) is 1. The van der Waals surface area contributed by atoms with Crippen molar-refractivity contribution < 1.29 is 47.5 Å². The zero-order chi connectivity index (χ0) is 33.6. The Morgan fingerprint density at radius 2 is 1.11 bits per heavy atom. The number of unbranched alkanes of at least 4 members (excludes halogenated alkanes) is 16. The van der Waals surface area contributed by atoms with Gasteiger partial charge in [0.1, 0.15) is 12.6 Å². The van der Waals surface area contributed by atoms with Gasteiger partial charge in [0.25, 0.3) is 0 Å². The predicted octanol–water partition coefficient (Wildman–Crippen LogP) is 7.78. The summed E-state index contributed by atoms with van der Waals surface area (Å²) in [5, 5.41) is 8.81. The highest BCUT2D eigenvalue weighted by atomic mass is 31.2. The third-order valence-corrected chi connectivity index (χ3v) is 8.21. The van der Waals surface area contributed by atoms with Crippen LogP contribution in [0.1, 0.15) is 149 Å². The van der Waals surface area contributed by atoms with Crippen molar-refractivity contribution in [2.45, 2.75) is 161 Å². The average Bonchev–Trinajstić information content (AvgIpc) is 3.00. The van der Waals surface area contributed by atoms with Crippen LogP contribution in [0.25, 0.3) is 0 Å². The Hall–Kier alpha value is -1.78. The molecule has 3 atom stereocenters. The molecule has 0 rings (SSSR count). The van der Waals surface area contributed by atoms with Crippen molar-refractivity contribution in [1.29, 1.82) is 0 Å². The number of aliphatic carboxylic acids is 1. The Balaban J connectivity index is 4.43. The fraction of sp³-hybridized carbons (Fsp3) is 0.848. The quantitative estimate of drug-likeness (QED) is 0.0278. The maximum Gasteiger partial charge on any atom is 0.472 e. The van der Waals surface area contributed by atoms with Crippen molar-refractivity contribution in [2.24, 2.45) is 5.73 Å². The summed E-state index contributed by atoms with van der Waals surface area (Å²) in [6.07, 6.45) is 24.6. The molecule has 0 aromatic carbocycles. The van der Waals surface area contributed by atoms with E-state index in [1.54, 1.807) is 0 Å². The van der Waals surface area contributed by atoms with Crippen LogP contribution < -0.4 is 5.73 Å². The largest absolute Gasteiger partial charge is 0.480 e. The van der Waals surface area contributed by atoms with E-state index in [1.165, 1.54) is 44.9 Å². The first kappa shape index (κ1) is 43.2. The van der Waals surface area contributed by atoms with Crippen molar-refractivity contribution >= 4 is 25.7 Å². The number of hydrogen-bond donors (Lipinski definition) is 3. The van der Waals surface area contributed by atoms with Crippen molar-refractivity contribution in [1.82, 2.24) is 0 Å². The SMILES string of the molecule is CCCCCCC/C=C/CCCCCCCC(=O)OC[C@@H](COP(=O)(O)OC[C@@H](N)C(=O)O)OC(=O)CCCCCCCCC. The number of hydrogen-bond acceptors (Lipinski definition) is 9. The Morgan fingerprint density at radius 1 is 0.667 bits per heavy atom. The molecule has 12 heteroatoms. The van der Waals surface area contributed by atoms with Crippen LogP contribution in [0.3, 0.4) is 0 Å². The molecule has 0 heterocycles. The molecule has 1 unspecified atom stereocenters. The third-order valence-electron chi connectivity index (χ3n) is 7.26. The molecule has 0 aromatic heterocycles. The summed E-state index contributed by atoms with van der Waals surface area (Å²) in [5.41, 5.74) is 5.29. The van der Waals surface area contributed by atoms with Crippen LogP contribution in [0.5, 0.6) is 0 Å². The lowest BCUT2D eigenvalue weighted by Gasteiger charge is -2.20. The molecule has 0 spiro atoms. The number of carboxylic acid groups (broad SMARTS) is 1. The number of esters is 2. The third kappa shape index (κ3) is 29.4. The van der Waals surface area contributed by atoms with E-state index in [0.717, 1.165) is 64.2 Å². The first-order chi connectivity index (χ1) is 21.6. The van der Waals surface area contributed by atoms with Gasteiger partial charge in [-0.2, -0.15) is 0 Å². The maximum atomic E-state index is 12.4. The number of rotatable bonds is 32. The van der Waals surface area contributed by atoms with Gasteiger partial charge in [-0.05, 0) is 38.5 Å². The van der Waals surface area contributed by atoms with Crippen LogP contribution in [0.15, 0.2) is 12.2 Å². The molecule has 0 amide bonds. The first-order valence-electron chi connectivity index (χ1n) is 17.2. The molecule has 0 saturated carbocycles. The van der Waals surface area contributed by atoms with Gasteiger partial charge in [0.05, 0.1) is 13.2 Å². The van der Waals surface area contributed by atoms with Gasteiger partial charge in [0, 0.05) is 12.8 Å². The van der Waals surface area contributed by atoms with E-state index in [1.807, 2.05) is 0 Å². The van der Waals surface area contributed by atoms with Gasteiger partial charge in [0.2, 0.25) is 0 Å². The number of carboxylic acids is 1. The van der Waals surface area contributed by atoms with Crippen LogP contribution >= 0.6 is 7.82 Å². The van der Waals surface area contributed by atoms with Crippen LogP contribution in [0, 0.1) is 0 Å². The van der Waals surface area contributed by atoms with Gasteiger partial charge in [-0.15, -0.1) is 0 Å². The van der Waals surface area contributed by atoms with Gasteiger partial charge in [-0.3, -0.25) is 23.4 Å². The Labute approximate surface area is 271 Å². The maximum absolute atomic E-state index is 12.4. The summed E-state index contributed by atoms with van der Waals surface area (Å²) in [5.74, 6) is -2.40. The summed E-state index contributed by atoms with van der Waals surface area (Å²) in [6, 6.07) is -1.52. The molecule has 0 saturated heterocycles. The molecule has 0 aliphatic heterocycles.